The van der Waals surface area contributed by atoms with Crippen molar-refractivity contribution in [1.29, 1.82) is 0 Å². The lowest BCUT2D eigenvalue weighted by Crippen LogP contribution is -2.22. The van der Waals surface area contributed by atoms with Gasteiger partial charge in [0.05, 0.1) is 11.2 Å². The first-order chi connectivity index (χ1) is 11.1. The van der Waals surface area contributed by atoms with Crippen LogP contribution in [0.15, 0.2) is 47.4 Å². The van der Waals surface area contributed by atoms with Crippen LogP contribution in [-0.4, -0.2) is 35.0 Å². The van der Waals surface area contributed by atoms with Gasteiger partial charge in [0.1, 0.15) is 6.23 Å². The summed E-state index contributed by atoms with van der Waals surface area (Å²) in [6, 6.07) is 14.6. The predicted molar refractivity (Wildman–Crippen MR) is 106 cm³/mol. The van der Waals surface area contributed by atoms with Crippen LogP contribution in [0.3, 0.4) is 0 Å². The molecular weight excluding hydrogens is 421 g/mol. The van der Waals surface area contributed by atoms with E-state index >= 15 is 0 Å². The molecule has 0 fully saturated rings. The first kappa shape index (κ1) is 18.7. The Morgan fingerprint density at radius 1 is 1.22 bits per heavy atom. The van der Waals surface area contributed by atoms with E-state index in [9.17, 15) is 5.11 Å². The maximum atomic E-state index is 10.4. The Morgan fingerprint density at radius 2 is 1.91 bits per heavy atom. The van der Waals surface area contributed by atoms with E-state index in [1.165, 1.54) is 4.90 Å². The van der Waals surface area contributed by atoms with Gasteiger partial charge in [0.25, 0.3) is 0 Å². The summed E-state index contributed by atoms with van der Waals surface area (Å²) in [5.74, 6) is 0. The summed E-state index contributed by atoms with van der Waals surface area (Å²) in [5.41, 5.74) is 4.29. The molecule has 0 radical (unpaired) electrons. The Bertz CT molecular complexity index is 633. The van der Waals surface area contributed by atoms with Crippen LogP contribution in [0.4, 0.5) is 0 Å². The smallest absolute Gasteiger partial charge is 0.133 e. The fourth-order valence-corrected chi connectivity index (χ4v) is 3.20. The van der Waals surface area contributed by atoms with Crippen molar-refractivity contribution in [1.82, 2.24) is 4.90 Å². The maximum Gasteiger partial charge on any atom is 0.133 e. The molecule has 2 rings (SSSR count). The second kappa shape index (κ2) is 9.03. The highest BCUT2D eigenvalue weighted by Gasteiger charge is 2.15. The molecule has 0 aliphatic heterocycles. The standard InChI is InChI=1S/C18H22INO2S/c1-20(12-19)18(21)14-6-9-17(15(10-14)11-22-2)13-4-7-16(23-3)8-5-13/h4-10,18,21H,11-12H2,1-3H3. The van der Waals surface area contributed by atoms with E-state index in [2.05, 4.69) is 59.2 Å². The van der Waals surface area contributed by atoms with Gasteiger partial charge in [-0.25, -0.2) is 0 Å². The second-order valence-electron chi connectivity index (χ2n) is 5.33. The molecule has 0 saturated carbocycles. The minimum atomic E-state index is -0.601. The number of halogens is 1. The molecule has 3 nitrogen and oxygen atoms in total. The number of benzene rings is 2. The zero-order chi connectivity index (χ0) is 16.8. The molecule has 0 aliphatic rings. The number of aliphatic hydroxyl groups is 1. The van der Waals surface area contributed by atoms with Crippen molar-refractivity contribution in [3.05, 3.63) is 53.6 Å². The van der Waals surface area contributed by atoms with E-state index in [1.54, 1.807) is 18.9 Å². The van der Waals surface area contributed by atoms with Crippen molar-refractivity contribution >= 4 is 34.4 Å². The van der Waals surface area contributed by atoms with Gasteiger partial charge in [0.15, 0.2) is 0 Å². The number of ether oxygens (including phenoxy) is 1. The minimum absolute atomic E-state index is 0.522. The molecule has 1 atom stereocenters. The van der Waals surface area contributed by atoms with Gasteiger partial charge in [-0.15, -0.1) is 11.8 Å². The largest absolute Gasteiger partial charge is 0.380 e. The molecule has 0 amide bonds. The number of alkyl halides is 1. The first-order valence-electron chi connectivity index (χ1n) is 7.31. The number of hydrogen-bond donors (Lipinski definition) is 1. The van der Waals surface area contributed by atoms with Gasteiger partial charge >= 0.3 is 0 Å². The van der Waals surface area contributed by atoms with Gasteiger partial charge in [0, 0.05) is 12.0 Å². The van der Waals surface area contributed by atoms with Crippen LogP contribution < -0.4 is 0 Å². The molecule has 2 aromatic rings. The summed E-state index contributed by atoms with van der Waals surface area (Å²) in [5, 5.41) is 10.4. The van der Waals surface area contributed by atoms with Crippen molar-refractivity contribution in [2.75, 3.05) is 25.0 Å². The van der Waals surface area contributed by atoms with E-state index in [0.29, 0.717) is 6.61 Å². The lowest BCUT2D eigenvalue weighted by atomic mass is 9.97. The highest BCUT2D eigenvalue weighted by Crippen LogP contribution is 2.29. The Kier molecular flexibility index (Phi) is 7.36. The summed E-state index contributed by atoms with van der Waals surface area (Å²) in [6.45, 7) is 0.522. The summed E-state index contributed by atoms with van der Waals surface area (Å²) < 4.78 is 6.12. The molecule has 0 saturated heterocycles. The average molecular weight is 443 g/mol. The van der Waals surface area contributed by atoms with Gasteiger partial charge in [-0.3, -0.25) is 4.90 Å². The van der Waals surface area contributed by atoms with Gasteiger partial charge in [-0.05, 0) is 53.8 Å². The number of methoxy groups -OCH3 is 1. The molecule has 2 aromatic carbocycles. The Hall–Kier alpha value is -0.600. The molecule has 5 heteroatoms. The third-order valence-electron chi connectivity index (χ3n) is 3.73. The first-order valence-corrected chi connectivity index (χ1v) is 10.1. The zero-order valence-corrected chi connectivity index (χ0v) is 16.6. The molecule has 23 heavy (non-hydrogen) atoms. The maximum absolute atomic E-state index is 10.4. The van der Waals surface area contributed by atoms with Crippen molar-refractivity contribution in [2.24, 2.45) is 0 Å². The molecule has 0 aromatic heterocycles. The third-order valence-corrected chi connectivity index (χ3v) is 5.55. The van der Waals surface area contributed by atoms with E-state index in [-0.39, 0.29) is 0 Å². The van der Waals surface area contributed by atoms with E-state index in [0.717, 1.165) is 26.8 Å². The quantitative estimate of drug-likeness (QED) is 0.224. The lowest BCUT2D eigenvalue weighted by molar-refractivity contribution is 0.0371. The van der Waals surface area contributed by atoms with E-state index in [4.69, 9.17) is 4.74 Å². The van der Waals surface area contributed by atoms with Crippen LogP contribution in [0.1, 0.15) is 17.4 Å². The van der Waals surface area contributed by atoms with Crippen molar-refractivity contribution < 1.29 is 9.84 Å². The minimum Gasteiger partial charge on any atom is -0.380 e. The summed E-state index contributed by atoms with van der Waals surface area (Å²) >= 11 is 3.98. The summed E-state index contributed by atoms with van der Waals surface area (Å²) in [7, 11) is 3.60. The molecular formula is C18H22INO2S. The third kappa shape index (κ3) is 4.70. The summed E-state index contributed by atoms with van der Waals surface area (Å²) in [6.07, 6.45) is 1.47. The second-order valence-corrected chi connectivity index (χ2v) is 6.89. The van der Waals surface area contributed by atoms with Gasteiger partial charge in [-0.2, -0.15) is 0 Å². The molecule has 1 unspecified atom stereocenters. The zero-order valence-electron chi connectivity index (χ0n) is 13.6. The van der Waals surface area contributed by atoms with Crippen molar-refractivity contribution in [3.8, 4) is 11.1 Å². The highest BCUT2D eigenvalue weighted by molar-refractivity contribution is 14.1. The predicted octanol–water partition coefficient (Wildman–Crippen LogP) is 4.54. The van der Waals surface area contributed by atoms with Crippen LogP contribution in [-0.2, 0) is 11.3 Å². The van der Waals surface area contributed by atoms with Gasteiger partial charge in [-0.1, -0.05) is 46.9 Å². The van der Waals surface area contributed by atoms with Crippen LogP contribution in [0.25, 0.3) is 11.1 Å². The molecule has 1 N–H and O–H groups in total. The molecule has 0 spiro atoms. The van der Waals surface area contributed by atoms with Crippen LogP contribution >= 0.6 is 34.4 Å². The Morgan fingerprint density at radius 3 is 2.48 bits per heavy atom. The normalized spacial score (nSPS) is 12.6. The van der Waals surface area contributed by atoms with Crippen LogP contribution in [0.2, 0.25) is 0 Å². The van der Waals surface area contributed by atoms with Crippen molar-refractivity contribution in [3.63, 3.8) is 0 Å². The molecule has 0 bridgehead atoms. The lowest BCUT2D eigenvalue weighted by Gasteiger charge is -2.22. The summed E-state index contributed by atoms with van der Waals surface area (Å²) in [4.78, 5) is 3.14. The van der Waals surface area contributed by atoms with Gasteiger partial charge in [0.2, 0.25) is 0 Å². The van der Waals surface area contributed by atoms with E-state index in [1.807, 2.05) is 24.1 Å². The SMILES string of the molecule is COCc1cc(C(O)N(C)CI)ccc1-c1ccc(SC)cc1. The number of rotatable bonds is 7. The molecule has 124 valence electrons. The van der Waals surface area contributed by atoms with Crippen LogP contribution in [0.5, 0.6) is 0 Å². The average Bonchev–Trinajstić information content (AvgIpc) is 2.60. The topological polar surface area (TPSA) is 32.7 Å². The Balaban J connectivity index is 2.39. The fourth-order valence-electron chi connectivity index (χ4n) is 2.42. The number of hydrogen-bond acceptors (Lipinski definition) is 4. The number of aliphatic hydroxyl groups excluding tert-OH is 1. The van der Waals surface area contributed by atoms with Gasteiger partial charge < -0.3 is 9.84 Å². The fraction of sp³-hybridized carbons (Fsp3) is 0.333. The number of thioether (sulfide) groups is 1. The van der Waals surface area contributed by atoms with Crippen molar-refractivity contribution in [2.45, 2.75) is 17.7 Å². The Labute approximate surface area is 156 Å². The highest BCUT2D eigenvalue weighted by atomic mass is 127. The number of nitrogens with zero attached hydrogens (tertiary/aromatic N) is 1. The monoisotopic (exact) mass is 443 g/mol. The van der Waals surface area contributed by atoms with E-state index < -0.39 is 6.23 Å². The van der Waals surface area contributed by atoms with Crippen LogP contribution in [0, 0.1) is 0 Å². The molecule has 0 aliphatic carbocycles. The molecule has 0 heterocycles.